The summed E-state index contributed by atoms with van der Waals surface area (Å²) in [5.74, 6) is -7.03. The molecule has 4 heterocycles. The highest BCUT2D eigenvalue weighted by atomic mass is 19.1. The van der Waals surface area contributed by atoms with Crippen LogP contribution in [-0.4, -0.2) is 76.2 Å². The van der Waals surface area contributed by atoms with E-state index in [1.54, 1.807) is 12.1 Å². The van der Waals surface area contributed by atoms with Crippen LogP contribution in [-0.2, 0) is 18.9 Å². The van der Waals surface area contributed by atoms with Gasteiger partial charge in [-0.15, -0.1) is 0 Å². The fraction of sp³-hybridized carbons (Fsp3) is 0.0769. The maximum Gasteiger partial charge on any atom is 0.618 e. The first-order chi connectivity index (χ1) is 27.6. The van der Waals surface area contributed by atoms with E-state index in [1.165, 1.54) is 60.7 Å². The van der Waals surface area contributed by atoms with Gasteiger partial charge < -0.3 is 28.4 Å². The number of fused-ring (bicyclic) bond motifs is 4. The summed E-state index contributed by atoms with van der Waals surface area (Å²) in [5.41, 5.74) is -1.84. The third-order valence-corrected chi connectivity index (χ3v) is 8.41. The predicted molar refractivity (Wildman–Crippen MR) is 192 cm³/mol. The summed E-state index contributed by atoms with van der Waals surface area (Å²) < 4.78 is 66.0. The van der Waals surface area contributed by atoms with Crippen molar-refractivity contribution in [2.24, 2.45) is 9.98 Å². The van der Waals surface area contributed by atoms with E-state index in [0.29, 0.717) is 0 Å². The van der Waals surface area contributed by atoms with Crippen molar-refractivity contribution in [1.82, 2.24) is 19.6 Å². The van der Waals surface area contributed by atoms with Gasteiger partial charge in [-0.05, 0) is 60.7 Å². The van der Waals surface area contributed by atoms with Crippen molar-refractivity contribution in [3.05, 3.63) is 142 Å². The topological polar surface area (TPSA) is 184 Å². The number of ether oxygens (including phenoxy) is 6. The van der Waals surface area contributed by atoms with Gasteiger partial charge in [0.1, 0.15) is 11.6 Å². The Bertz CT molecular complexity index is 2520. The first-order valence-electron chi connectivity index (χ1n) is 16.6. The number of aliphatic imine (C=N–C) groups is 2. The lowest BCUT2D eigenvalue weighted by Crippen LogP contribution is -2.52. The minimum atomic E-state index is -3.41. The quantitative estimate of drug-likeness (QED) is 0.155. The summed E-state index contributed by atoms with van der Waals surface area (Å²) in [4.78, 5) is 63.9. The molecule has 6 aromatic rings. The number of hydrogen-bond donors (Lipinski definition) is 0. The molecule has 0 saturated heterocycles. The zero-order chi connectivity index (χ0) is 39.8. The van der Waals surface area contributed by atoms with E-state index in [-0.39, 0.29) is 45.0 Å². The van der Waals surface area contributed by atoms with E-state index < -0.39 is 64.8 Å². The van der Waals surface area contributed by atoms with E-state index >= 15 is 0 Å². The zero-order valence-corrected chi connectivity index (χ0v) is 29.4. The van der Waals surface area contributed by atoms with E-state index in [0.717, 1.165) is 60.3 Å². The number of rotatable bonds is 4. The van der Waals surface area contributed by atoms with Gasteiger partial charge in [0.2, 0.25) is 11.8 Å². The van der Waals surface area contributed by atoms with Crippen molar-refractivity contribution in [3.63, 3.8) is 0 Å². The normalized spacial score (nSPS) is 15.7. The van der Waals surface area contributed by atoms with Crippen LogP contribution in [0.15, 0.2) is 107 Å². The number of para-hydroxylation sites is 2. The van der Waals surface area contributed by atoms with E-state index in [4.69, 9.17) is 28.4 Å². The molecule has 284 valence electrons. The van der Waals surface area contributed by atoms with Crippen molar-refractivity contribution in [2.45, 2.75) is 6.16 Å². The molecule has 0 fully saturated rings. The zero-order valence-electron chi connectivity index (χ0n) is 29.4. The molecule has 2 aliphatic rings. The standard InChI is InChI=1S/C39H24F2N6O10/c1-52-37(50)31-27-19-42-29-15-5-3-13-25(29)35(48)56-39(54-33(27)46(44-31)23-11-7-9-21(40)17-23)55-34-28(20-43-30-16-6-4-14-26(30)36(49)57-39)32(38(51)53-2)45-47(34)24-12-8-10-22(41)18-24/h3-20H,1-2H3. The minimum Gasteiger partial charge on any atom is -0.464 e. The van der Waals surface area contributed by atoms with Crippen molar-refractivity contribution < 1.29 is 56.4 Å². The predicted octanol–water partition coefficient (Wildman–Crippen LogP) is 5.82. The molecule has 0 atom stereocenters. The molecule has 0 bridgehead atoms. The van der Waals surface area contributed by atoms with Gasteiger partial charge in [-0.3, -0.25) is 9.98 Å². The summed E-state index contributed by atoms with van der Waals surface area (Å²) in [6.45, 7) is 0. The summed E-state index contributed by atoms with van der Waals surface area (Å²) in [5, 5.41) is 8.68. The summed E-state index contributed by atoms with van der Waals surface area (Å²) in [7, 11) is 2.18. The molecule has 18 heteroatoms. The number of benzene rings is 4. The smallest absolute Gasteiger partial charge is 0.464 e. The molecule has 8 rings (SSSR count). The van der Waals surface area contributed by atoms with Crippen molar-refractivity contribution >= 4 is 47.7 Å². The van der Waals surface area contributed by atoms with Crippen LogP contribution in [0.25, 0.3) is 11.4 Å². The highest BCUT2D eigenvalue weighted by molar-refractivity contribution is 6.03. The first-order valence-corrected chi connectivity index (χ1v) is 16.6. The van der Waals surface area contributed by atoms with E-state index in [1.807, 2.05) is 0 Å². The molecule has 4 aromatic carbocycles. The Balaban J connectivity index is 1.48. The summed E-state index contributed by atoms with van der Waals surface area (Å²) in [6.07, 6.45) is -1.17. The highest BCUT2D eigenvalue weighted by Gasteiger charge is 2.52. The van der Waals surface area contributed by atoms with E-state index in [2.05, 4.69) is 20.2 Å². The molecule has 0 N–H and O–H groups in total. The summed E-state index contributed by atoms with van der Waals surface area (Å²) in [6, 6.07) is 21.5. The van der Waals surface area contributed by atoms with Crippen LogP contribution in [0, 0.1) is 11.6 Å². The lowest BCUT2D eigenvalue weighted by Gasteiger charge is -2.31. The van der Waals surface area contributed by atoms with Crippen LogP contribution in [0.5, 0.6) is 11.8 Å². The number of nitrogens with zero attached hydrogens (tertiary/aromatic N) is 6. The second-order valence-corrected chi connectivity index (χ2v) is 11.9. The second kappa shape index (κ2) is 14.3. The van der Waals surface area contributed by atoms with Gasteiger partial charge in [0.15, 0.2) is 11.4 Å². The number of methoxy groups -OCH3 is 2. The van der Waals surface area contributed by atoms with Gasteiger partial charge in [0.05, 0.1) is 59.2 Å². The number of carbonyl (C=O) groups is 4. The van der Waals surface area contributed by atoms with Crippen LogP contribution in [0.2, 0.25) is 0 Å². The van der Waals surface area contributed by atoms with Crippen LogP contribution < -0.4 is 9.47 Å². The Morgan fingerprint density at radius 1 is 0.596 bits per heavy atom. The monoisotopic (exact) mass is 774 g/mol. The first kappa shape index (κ1) is 36.0. The number of carbonyl (C=O) groups excluding carboxylic acids is 4. The van der Waals surface area contributed by atoms with Gasteiger partial charge in [0.25, 0.3) is 0 Å². The molecule has 1 spiro atoms. The van der Waals surface area contributed by atoms with Crippen molar-refractivity contribution in [3.8, 4) is 23.1 Å². The summed E-state index contributed by atoms with van der Waals surface area (Å²) >= 11 is 0. The Kier molecular flexibility index (Phi) is 9.04. The molecule has 2 aromatic heterocycles. The lowest BCUT2D eigenvalue weighted by atomic mass is 10.1. The maximum absolute atomic E-state index is 14.8. The Labute approximate surface area is 319 Å². The van der Waals surface area contributed by atoms with E-state index in [9.17, 15) is 28.0 Å². The molecule has 16 nitrogen and oxygen atoms in total. The van der Waals surface area contributed by atoms with Gasteiger partial charge in [-0.2, -0.15) is 19.6 Å². The molecule has 0 unspecified atom stereocenters. The third kappa shape index (κ3) is 6.60. The molecule has 57 heavy (non-hydrogen) atoms. The average Bonchev–Trinajstić information content (AvgIpc) is 3.75. The molecular weight excluding hydrogens is 750 g/mol. The molecule has 0 amide bonds. The van der Waals surface area contributed by atoms with Crippen LogP contribution >= 0.6 is 0 Å². The van der Waals surface area contributed by atoms with Gasteiger partial charge >= 0.3 is 30.0 Å². The Morgan fingerprint density at radius 2 is 1.02 bits per heavy atom. The molecule has 0 aliphatic carbocycles. The fourth-order valence-electron chi connectivity index (χ4n) is 5.80. The Morgan fingerprint density at radius 3 is 1.42 bits per heavy atom. The highest BCUT2D eigenvalue weighted by Crippen LogP contribution is 2.39. The average molecular weight is 775 g/mol. The van der Waals surface area contributed by atoms with Gasteiger partial charge in [-0.25, -0.2) is 28.0 Å². The number of esters is 4. The Hall–Kier alpha value is -8.02. The van der Waals surface area contributed by atoms with Crippen LogP contribution in [0.3, 0.4) is 0 Å². The number of aromatic nitrogens is 4. The molecular formula is C39H24F2N6O10. The number of halogens is 2. The maximum atomic E-state index is 14.8. The van der Waals surface area contributed by atoms with Crippen LogP contribution in [0.1, 0.15) is 52.8 Å². The van der Waals surface area contributed by atoms with Crippen molar-refractivity contribution in [2.75, 3.05) is 14.2 Å². The fourth-order valence-corrected chi connectivity index (χ4v) is 5.80. The molecule has 0 radical (unpaired) electrons. The second-order valence-electron chi connectivity index (χ2n) is 11.9. The van der Waals surface area contributed by atoms with Gasteiger partial charge in [0, 0.05) is 12.4 Å². The lowest BCUT2D eigenvalue weighted by molar-refractivity contribution is -0.394. The third-order valence-electron chi connectivity index (χ3n) is 8.41. The van der Waals surface area contributed by atoms with Gasteiger partial charge in [-0.1, -0.05) is 36.4 Å². The number of hydrogen-bond acceptors (Lipinski definition) is 14. The molecule has 0 saturated carbocycles. The van der Waals surface area contributed by atoms with Crippen molar-refractivity contribution in [1.29, 1.82) is 0 Å². The SMILES string of the molecule is COC(=O)c1nn(-c2cccc(F)c2)c2c1C=Nc1ccccc1C(=O)OC1(OC(=O)c3ccccc3N=Cc3c(C(=O)OC)nn(-c4cccc(F)c4)c3O1)O2. The molecule has 2 aliphatic heterocycles. The van der Waals surface area contributed by atoms with Crippen LogP contribution in [0.4, 0.5) is 20.2 Å². The minimum absolute atomic E-state index is 0.00182. The largest absolute Gasteiger partial charge is 0.618 e.